The first-order valence-electron chi connectivity index (χ1n) is 11.6. The molecular formula is C24H40N4O4. The van der Waals surface area contributed by atoms with Gasteiger partial charge in [0, 0.05) is 58.8 Å². The molecule has 2 N–H and O–H groups in total. The average molecular weight is 449 g/mol. The van der Waals surface area contributed by atoms with Crippen LogP contribution in [0.4, 0.5) is 0 Å². The van der Waals surface area contributed by atoms with Crippen LogP contribution in [0.2, 0.25) is 0 Å². The molecule has 2 fully saturated rings. The molecule has 3 rings (SSSR count). The van der Waals surface area contributed by atoms with Crippen LogP contribution in [0.3, 0.4) is 0 Å². The van der Waals surface area contributed by atoms with Gasteiger partial charge in [-0.05, 0) is 51.1 Å². The Hall–Kier alpha value is -1.87. The molecule has 1 amide bonds. The zero-order chi connectivity index (χ0) is 23.1. The SMILES string of the molecule is COc1cc(CN2CC[C@](O)(CN3CCC(NC(C)=O)CC3)C2)ccc1OCCN(C)C. The molecule has 2 saturated heterocycles. The number of carbonyl (C=O) groups excluding carboxylic acids is 1. The second kappa shape index (κ2) is 11.3. The first kappa shape index (κ1) is 24.8. The highest BCUT2D eigenvalue weighted by Crippen LogP contribution is 2.30. The van der Waals surface area contributed by atoms with Gasteiger partial charge in [-0.2, -0.15) is 0 Å². The van der Waals surface area contributed by atoms with Gasteiger partial charge in [0.05, 0.1) is 12.7 Å². The number of β-amino-alcohol motifs (C(OH)–C–C–N with tert-alkyl or cyclic N) is 1. The number of methoxy groups -OCH3 is 1. The minimum Gasteiger partial charge on any atom is -0.493 e. The van der Waals surface area contributed by atoms with E-state index in [9.17, 15) is 9.90 Å². The monoisotopic (exact) mass is 448 g/mol. The zero-order valence-corrected chi connectivity index (χ0v) is 20.1. The molecule has 0 unspecified atom stereocenters. The molecule has 8 heteroatoms. The molecule has 0 radical (unpaired) electrons. The normalized spacial score (nSPS) is 22.9. The summed E-state index contributed by atoms with van der Waals surface area (Å²) in [6, 6.07) is 6.36. The van der Waals surface area contributed by atoms with Crippen molar-refractivity contribution in [1.82, 2.24) is 20.0 Å². The Labute approximate surface area is 192 Å². The van der Waals surface area contributed by atoms with Crippen LogP contribution >= 0.6 is 0 Å². The van der Waals surface area contributed by atoms with Crippen LogP contribution in [0.1, 0.15) is 31.7 Å². The van der Waals surface area contributed by atoms with E-state index in [1.165, 1.54) is 0 Å². The molecule has 2 heterocycles. The molecule has 2 aliphatic heterocycles. The number of likely N-dealkylation sites (N-methyl/N-ethyl adjacent to an activating group) is 1. The Bertz CT molecular complexity index is 752. The summed E-state index contributed by atoms with van der Waals surface area (Å²) in [7, 11) is 5.71. The van der Waals surface area contributed by atoms with Gasteiger partial charge in [0.15, 0.2) is 11.5 Å². The molecule has 0 spiro atoms. The summed E-state index contributed by atoms with van der Waals surface area (Å²) < 4.78 is 11.4. The van der Waals surface area contributed by atoms with Gasteiger partial charge in [-0.15, -0.1) is 0 Å². The van der Waals surface area contributed by atoms with Crippen molar-refractivity contribution in [3.63, 3.8) is 0 Å². The number of benzene rings is 1. The van der Waals surface area contributed by atoms with Crippen LogP contribution in [0, 0.1) is 0 Å². The lowest BCUT2D eigenvalue weighted by molar-refractivity contribution is -0.120. The van der Waals surface area contributed by atoms with Crippen molar-refractivity contribution < 1.29 is 19.4 Å². The van der Waals surface area contributed by atoms with Crippen molar-refractivity contribution in [2.75, 3.05) is 67.1 Å². The summed E-state index contributed by atoms with van der Waals surface area (Å²) in [5, 5.41) is 14.2. The second-order valence-electron chi connectivity index (χ2n) is 9.57. The fraction of sp³-hybridized carbons (Fsp3) is 0.708. The number of rotatable bonds is 10. The standard InChI is InChI=1S/C24H40N4O4/c1-19(29)25-21-7-10-27(11-8-21)17-24(30)9-12-28(18-24)16-20-5-6-22(23(15-20)31-4)32-14-13-26(2)3/h5-6,15,21,30H,7-14,16-18H2,1-4H3,(H,25,29)/t24-/m0/s1. The van der Waals surface area contributed by atoms with Crippen molar-refractivity contribution in [3.8, 4) is 11.5 Å². The number of amides is 1. The maximum atomic E-state index is 11.3. The second-order valence-corrected chi connectivity index (χ2v) is 9.57. The Kier molecular flexibility index (Phi) is 8.76. The van der Waals surface area contributed by atoms with Gasteiger partial charge < -0.3 is 29.7 Å². The molecule has 1 aromatic rings. The Morgan fingerprint density at radius 1 is 1.22 bits per heavy atom. The van der Waals surface area contributed by atoms with Gasteiger partial charge >= 0.3 is 0 Å². The van der Waals surface area contributed by atoms with E-state index < -0.39 is 5.60 Å². The van der Waals surface area contributed by atoms with E-state index >= 15 is 0 Å². The first-order valence-corrected chi connectivity index (χ1v) is 11.6. The minimum absolute atomic E-state index is 0.0401. The highest BCUT2D eigenvalue weighted by molar-refractivity contribution is 5.73. The number of aliphatic hydroxyl groups is 1. The van der Waals surface area contributed by atoms with Gasteiger partial charge in [-0.3, -0.25) is 9.69 Å². The third-order valence-electron chi connectivity index (χ3n) is 6.35. The predicted octanol–water partition coefficient (Wildman–Crippen LogP) is 1.17. The molecule has 0 bridgehead atoms. The fourth-order valence-electron chi connectivity index (χ4n) is 4.67. The van der Waals surface area contributed by atoms with Crippen molar-refractivity contribution in [2.45, 2.75) is 44.4 Å². The number of hydrogen-bond acceptors (Lipinski definition) is 7. The van der Waals surface area contributed by atoms with Crippen LogP contribution in [0.15, 0.2) is 18.2 Å². The lowest BCUT2D eigenvalue weighted by atomic mass is 9.99. The topological polar surface area (TPSA) is 77.5 Å². The Morgan fingerprint density at radius 3 is 2.62 bits per heavy atom. The van der Waals surface area contributed by atoms with Gasteiger partial charge in [0.1, 0.15) is 6.61 Å². The van der Waals surface area contributed by atoms with E-state index in [4.69, 9.17) is 9.47 Å². The van der Waals surface area contributed by atoms with Crippen molar-refractivity contribution in [3.05, 3.63) is 23.8 Å². The van der Waals surface area contributed by atoms with Crippen LogP contribution in [-0.4, -0.2) is 104 Å². The Balaban J connectivity index is 1.48. The lowest BCUT2D eigenvalue weighted by Crippen LogP contribution is -2.50. The van der Waals surface area contributed by atoms with E-state index in [0.717, 1.165) is 69.0 Å². The average Bonchev–Trinajstić information content (AvgIpc) is 3.09. The van der Waals surface area contributed by atoms with Crippen molar-refractivity contribution >= 4 is 5.91 Å². The quantitative estimate of drug-likeness (QED) is 0.556. The highest BCUT2D eigenvalue weighted by atomic mass is 16.5. The minimum atomic E-state index is -0.680. The fourth-order valence-corrected chi connectivity index (χ4v) is 4.67. The van der Waals surface area contributed by atoms with Gasteiger partial charge in [-0.25, -0.2) is 0 Å². The van der Waals surface area contributed by atoms with Crippen LogP contribution in [0.25, 0.3) is 0 Å². The maximum absolute atomic E-state index is 11.3. The summed E-state index contributed by atoms with van der Waals surface area (Å²) in [5.41, 5.74) is 0.474. The van der Waals surface area contributed by atoms with Gasteiger partial charge in [0.2, 0.25) is 5.91 Å². The number of carbonyl (C=O) groups is 1. The third kappa shape index (κ3) is 7.33. The molecular weight excluding hydrogens is 408 g/mol. The summed E-state index contributed by atoms with van der Waals surface area (Å²) in [6.07, 6.45) is 2.67. The van der Waals surface area contributed by atoms with E-state index in [0.29, 0.717) is 19.7 Å². The smallest absolute Gasteiger partial charge is 0.217 e. The largest absolute Gasteiger partial charge is 0.493 e. The molecule has 0 saturated carbocycles. The van der Waals surface area contributed by atoms with Crippen molar-refractivity contribution in [2.24, 2.45) is 0 Å². The summed E-state index contributed by atoms with van der Waals surface area (Å²) in [6.45, 7) is 7.89. The van der Waals surface area contributed by atoms with Crippen LogP contribution < -0.4 is 14.8 Å². The number of piperidine rings is 1. The van der Waals surface area contributed by atoms with E-state index in [1.54, 1.807) is 14.0 Å². The van der Waals surface area contributed by atoms with Crippen LogP contribution in [0.5, 0.6) is 11.5 Å². The Morgan fingerprint density at radius 2 is 1.97 bits per heavy atom. The van der Waals surface area contributed by atoms with Crippen molar-refractivity contribution in [1.29, 1.82) is 0 Å². The number of hydrogen-bond donors (Lipinski definition) is 2. The number of nitrogens with one attached hydrogen (secondary N) is 1. The van der Waals surface area contributed by atoms with Crippen LogP contribution in [-0.2, 0) is 11.3 Å². The third-order valence-corrected chi connectivity index (χ3v) is 6.35. The lowest BCUT2D eigenvalue weighted by Gasteiger charge is -2.36. The highest BCUT2D eigenvalue weighted by Gasteiger charge is 2.38. The van der Waals surface area contributed by atoms with E-state index in [2.05, 4.69) is 26.1 Å². The molecule has 0 aliphatic carbocycles. The van der Waals surface area contributed by atoms with Gasteiger partial charge in [-0.1, -0.05) is 6.07 Å². The molecule has 2 aliphatic rings. The van der Waals surface area contributed by atoms with E-state index in [1.807, 2.05) is 26.2 Å². The summed E-state index contributed by atoms with van der Waals surface area (Å²) >= 11 is 0. The molecule has 1 aromatic carbocycles. The number of ether oxygens (including phenoxy) is 2. The van der Waals surface area contributed by atoms with Gasteiger partial charge in [0.25, 0.3) is 0 Å². The molecule has 180 valence electrons. The maximum Gasteiger partial charge on any atom is 0.217 e. The molecule has 8 nitrogen and oxygen atoms in total. The molecule has 32 heavy (non-hydrogen) atoms. The number of nitrogens with zero attached hydrogens (tertiary/aromatic N) is 3. The predicted molar refractivity (Wildman–Crippen MR) is 125 cm³/mol. The zero-order valence-electron chi connectivity index (χ0n) is 20.1. The van der Waals surface area contributed by atoms with E-state index in [-0.39, 0.29) is 11.9 Å². The summed E-state index contributed by atoms with van der Waals surface area (Å²) in [5.74, 6) is 1.55. The summed E-state index contributed by atoms with van der Waals surface area (Å²) in [4.78, 5) is 18.0. The molecule has 1 atom stereocenters. The molecule has 0 aromatic heterocycles. The first-order chi connectivity index (χ1) is 15.3. The number of likely N-dealkylation sites (tertiary alicyclic amines) is 2.